The summed E-state index contributed by atoms with van der Waals surface area (Å²) in [7, 11) is 1.72. The first kappa shape index (κ1) is 18.5. The van der Waals surface area contributed by atoms with Crippen LogP contribution in [0.5, 0.6) is 0 Å². The maximum absolute atomic E-state index is 13.6. The molecule has 0 saturated carbocycles. The summed E-state index contributed by atoms with van der Waals surface area (Å²) >= 11 is 0. The van der Waals surface area contributed by atoms with Crippen LogP contribution in [0.25, 0.3) is 11.1 Å². The number of alkyl halides is 3. The van der Waals surface area contributed by atoms with Crippen molar-refractivity contribution < 1.29 is 22.5 Å². The van der Waals surface area contributed by atoms with Crippen LogP contribution in [-0.4, -0.2) is 43.8 Å². The van der Waals surface area contributed by atoms with Crippen LogP contribution in [-0.2, 0) is 13.2 Å². The minimum atomic E-state index is -4.55. The van der Waals surface area contributed by atoms with Crippen LogP contribution in [0, 0.1) is 6.92 Å². The van der Waals surface area contributed by atoms with E-state index in [1.54, 1.807) is 24.2 Å². The number of carbonyl (C=O) groups is 1. The SMILES string of the molecule is Cc1noc2nc([C@H]3CCCN(C(=O)c4ccn(C)n4)C3)cc(C(F)(F)F)c12. The molecule has 4 rings (SSSR count). The van der Waals surface area contributed by atoms with E-state index in [9.17, 15) is 18.0 Å². The molecule has 0 radical (unpaired) electrons. The Kier molecular flexibility index (Phi) is 4.35. The van der Waals surface area contributed by atoms with Crippen LogP contribution in [0.3, 0.4) is 0 Å². The largest absolute Gasteiger partial charge is 0.417 e. The van der Waals surface area contributed by atoms with Crippen molar-refractivity contribution in [3.63, 3.8) is 0 Å². The molecule has 148 valence electrons. The molecule has 7 nitrogen and oxygen atoms in total. The Bertz CT molecular complexity index is 1040. The van der Waals surface area contributed by atoms with Crippen molar-refractivity contribution in [2.75, 3.05) is 13.1 Å². The molecule has 4 heterocycles. The van der Waals surface area contributed by atoms with Crippen LogP contribution >= 0.6 is 0 Å². The predicted octanol–water partition coefficient (Wildman–Crippen LogP) is 3.30. The second kappa shape index (κ2) is 6.61. The molecular formula is C18H18F3N5O2. The van der Waals surface area contributed by atoms with Gasteiger partial charge >= 0.3 is 6.18 Å². The number of halogens is 3. The third-order valence-electron chi connectivity index (χ3n) is 5.00. The number of pyridine rings is 1. The Labute approximate surface area is 158 Å². The summed E-state index contributed by atoms with van der Waals surface area (Å²) in [6, 6.07) is 2.68. The molecule has 0 bridgehead atoms. The molecule has 3 aromatic heterocycles. The number of piperidine rings is 1. The van der Waals surface area contributed by atoms with Gasteiger partial charge in [0.1, 0.15) is 5.69 Å². The number of rotatable bonds is 2. The van der Waals surface area contributed by atoms with Gasteiger partial charge in [-0.2, -0.15) is 18.3 Å². The molecule has 1 saturated heterocycles. The standard InChI is InChI=1S/C18H18F3N5O2/c1-10-15-12(18(19,20)21)8-14(22-16(15)28-24-10)11-4-3-6-26(9-11)17(27)13-5-7-25(2)23-13/h5,7-8,11H,3-4,6,9H2,1-2H3/t11-/m0/s1. The van der Waals surface area contributed by atoms with Crippen molar-refractivity contribution in [1.82, 2.24) is 24.8 Å². The minimum Gasteiger partial charge on any atom is -0.337 e. The first-order chi connectivity index (χ1) is 13.2. The van der Waals surface area contributed by atoms with Gasteiger partial charge in [-0.1, -0.05) is 5.16 Å². The third kappa shape index (κ3) is 3.23. The lowest BCUT2D eigenvalue weighted by Crippen LogP contribution is -2.39. The fourth-order valence-corrected chi connectivity index (χ4v) is 3.64. The molecule has 10 heteroatoms. The van der Waals surface area contributed by atoms with Crippen molar-refractivity contribution >= 4 is 17.0 Å². The summed E-state index contributed by atoms with van der Waals surface area (Å²) in [4.78, 5) is 18.5. The number of carbonyl (C=O) groups excluding carboxylic acids is 1. The summed E-state index contributed by atoms with van der Waals surface area (Å²) in [5, 5.41) is 7.62. The molecular weight excluding hydrogens is 375 g/mol. The zero-order valence-electron chi connectivity index (χ0n) is 15.3. The summed E-state index contributed by atoms with van der Waals surface area (Å²) in [5.74, 6) is -0.560. The Morgan fingerprint density at radius 2 is 2.14 bits per heavy atom. The van der Waals surface area contributed by atoms with E-state index in [4.69, 9.17) is 4.52 Å². The molecule has 0 aliphatic carbocycles. The molecule has 1 aliphatic rings. The monoisotopic (exact) mass is 393 g/mol. The second-order valence-corrected chi connectivity index (χ2v) is 7.01. The van der Waals surface area contributed by atoms with Crippen molar-refractivity contribution in [2.45, 2.75) is 31.9 Å². The van der Waals surface area contributed by atoms with Gasteiger partial charge in [-0.25, -0.2) is 4.98 Å². The number of aromatic nitrogens is 4. The Hall–Kier alpha value is -2.91. The third-order valence-corrected chi connectivity index (χ3v) is 5.00. The van der Waals surface area contributed by atoms with Gasteiger partial charge in [-0.05, 0) is 31.9 Å². The topological polar surface area (TPSA) is 77.0 Å². The zero-order chi connectivity index (χ0) is 20.1. The maximum Gasteiger partial charge on any atom is 0.417 e. The van der Waals surface area contributed by atoms with Gasteiger partial charge in [0.2, 0.25) is 0 Å². The molecule has 0 unspecified atom stereocenters. The quantitative estimate of drug-likeness (QED) is 0.668. The van der Waals surface area contributed by atoms with Crippen molar-refractivity contribution in [1.29, 1.82) is 0 Å². The van der Waals surface area contributed by atoms with Crippen LogP contribution in [0.15, 0.2) is 22.9 Å². The fourth-order valence-electron chi connectivity index (χ4n) is 3.64. The number of likely N-dealkylation sites (tertiary alicyclic amines) is 1. The van der Waals surface area contributed by atoms with E-state index in [0.717, 1.165) is 6.07 Å². The summed E-state index contributed by atoms with van der Waals surface area (Å²) in [5.41, 5.74) is -0.213. The highest BCUT2D eigenvalue weighted by molar-refractivity contribution is 5.92. The lowest BCUT2D eigenvalue weighted by Gasteiger charge is -2.32. The van der Waals surface area contributed by atoms with E-state index in [0.29, 0.717) is 25.1 Å². The molecule has 0 N–H and O–H groups in total. The van der Waals surface area contributed by atoms with E-state index in [1.165, 1.54) is 11.6 Å². The van der Waals surface area contributed by atoms with E-state index >= 15 is 0 Å². The van der Waals surface area contributed by atoms with Gasteiger partial charge < -0.3 is 9.42 Å². The smallest absolute Gasteiger partial charge is 0.337 e. The van der Waals surface area contributed by atoms with Gasteiger partial charge in [0.25, 0.3) is 11.6 Å². The molecule has 1 atom stereocenters. The predicted molar refractivity (Wildman–Crippen MR) is 92.6 cm³/mol. The van der Waals surface area contributed by atoms with Crippen molar-refractivity contribution in [2.24, 2.45) is 7.05 Å². The number of hydrogen-bond donors (Lipinski definition) is 0. The number of aryl methyl sites for hydroxylation is 2. The Balaban J connectivity index is 1.67. The minimum absolute atomic E-state index is 0.117. The average Bonchev–Trinajstić information content (AvgIpc) is 3.26. The van der Waals surface area contributed by atoms with Gasteiger partial charge in [0.15, 0.2) is 0 Å². The second-order valence-electron chi connectivity index (χ2n) is 7.01. The van der Waals surface area contributed by atoms with E-state index in [1.807, 2.05) is 0 Å². The fraction of sp³-hybridized carbons (Fsp3) is 0.444. The molecule has 28 heavy (non-hydrogen) atoms. The number of fused-ring (bicyclic) bond motifs is 1. The normalized spacial score (nSPS) is 18.0. The average molecular weight is 393 g/mol. The first-order valence-corrected chi connectivity index (χ1v) is 8.87. The molecule has 0 spiro atoms. The Morgan fingerprint density at radius 1 is 1.36 bits per heavy atom. The lowest BCUT2D eigenvalue weighted by molar-refractivity contribution is -0.136. The number of amides is 1. The van der Waals surface area contributed by atoms with E-state index in [2.05, 4.69) is 15.2 Å². The first-order valence-electron chi connectivity index (χ1n) is 8.87. The molecule has 1 fully saturated rings. The van der Waals surface area contributed by atoms with Gasteiger partial charge in [0, 0.05) is 32.3 Å². The zero-order valence-corrected chi connectivity index (χ0v) is 15.3. The van der Waals surface area contributed by atoms with Gasteiger partial charge in [-0.15, -0.1) is 0 Å². The van der Waals surface area contributed by atoms with Crippen LogP contribution < -0.4 is 0 Å². The van der Waals surface area contributed by atoms with Crippen LogP contribution in [0.2, 0.25) is 0 Å². The molecule has 3 aromatic rings. The highest BCUT2D eigenvalue weighted by Crippen LogP contribution is 2.38. The van der Waals surface area contributed by atoms with Gasteiger partial charge in [0.05, 0.1) is 22.3 Å². The summed E-state index contributed by atoms with van der Waals surface area (Å²) in [6.07, 6.45) is -1.58. The molecule has 1 aliphatic heterocycles. The molecule has 0 aromatic carbocycles. The van der Waals surface area contributed by atoms with E-state index < -0.39 is 11.7 Å². The van der Waals surface area contributed by atoms with Crippen LogP contribution in [0.4, 0.5) is 13.2 Å². The molecule has 1 amide bonds. The van der Waals surface area contributed by atoms with Crippen molar-refractivity contribution in [3.8, 4) is 0 Å². The number of nitrogens with zero attached hydrogens (tertiary/aromatic N) is 5. The summed E-state index contributed by atoms with van der Waals surface area (Å²) in [6.45, 7) is 2.26. The summed E-state index contributed by atoms with van der Waals surface area (Å²) < 4.78 is 47.3. The van der Waals surface area contributed by atoms with E-state index in [-0.39, 0.29) is 40.9 Å². The van der Waals surface area contributed by atoms with Crippen molar-refractivity contribution in [3.05, 3.63) is 41.0 Å². The van der Waals surface area contributed by atoms with Gasteiger partial charge in [-0.3, -0.25) is 9.48 Å². The van der Waals surface area contributed by atoms with Crippen LogP contribution in [0.1, 0.15) is 46.2 Å². The number of hydrogen-bond acceptors (Lipinski definition) is 5. The maximum atomic E-state index is 13.6. The highest BCUT2D eigenvalue weighted by Gasteiger charge is 2.37. The Morgan fingerprint density at radius 3 is 2.82 bits per heavy atom. The lowest BCUT2D eigenvalue weighted by atomic mass is 9.92. The highest BCUT2D eigenvalue weighted by atomic mass is 19.4.